The minimum absolute atomic E-state index is 0.0573. The van der Waals surface area contributed by atoms with Gasteiger partial charge in [0, 0.05) is 25.2 Å². The topological polar surface area (TPSA) is 58.4 Å². The molecule has 112 valence electrons. The number of amides is 1. The average Bonchev–Trinajstić information content (AvgIpc) is 2.43. The van der Waals surface area contributed by atoms with Gasteiger partial charge in [0.05, 0.1) is 0 Å². The minimum atomic E-state index is 0.0573. The molecule has 4 heteroatoms. The lowest BCUT2D eigenvalue weighted by Gasteiger charge is -2.17. The predicted molar refractivity (Wildman–Crippen MR) is 84.5 cm³/mol. The van der Waals surface area contributed by atoms with Gasteiger partial charge < -0.3 is 16.0 Å². The Balaban J connectivity index is 2.28. The van der Waals surface area contributed by atoms with E-state index in [1.807, 2.05) is 24.3 Å². The van der Waals surface area contributed by atoms with E-state index in [1.54, 1.807) is 0 Å². The molecule has 1 aromatic carbocycles. The van der Waals surface area contributed by atoms with E-state index in [0.29, 0.717) is 18.9 Å². The highest BCUT2D eigenvalue weighted by molar-refractivity contribution is 5.90. The molecule has 0 unspecified atom stereocenters. The Hall–Kier alpha value is -1.39. The van der Waals surface area contributed by atoms with Crippen LogP contribution in [0, 0.1) is 5.92 Å². The Bertz CT molecular complexity index is 401. The summed E-state index contributed by atoms with van der Waals surface area (Å²) in [6.07, 6.45) is 1.69. The van der Waals surface area contributed by atoms with Gasteiger partial charge in [0.15, 0.2) is 0 Å². The molecule has 0 heterocycles. The van der Waals surface area contributed by atoms with Gasteiger partial charge >= 0.3 is 0 Å². The number of anilines is 1. The number of nitrogens with one attached hydrogen (secondary N) is 1. The lowest BCUT2D eigenvalue weighted by molar-refractivity contribution is -0.116. The van der Waals surface area contributed by atoms with E-state index >= 15 is 0 Å². The second kappa shape index (κ2) is 8.72. The van der Waals surface area contributed by atoms with Crippen molar-refractivity contribution < 1.29 is 4.79 Å². The van der Waals surface area contributed by atoms with Gasteiger partial charge in [0.2, 0.25) is 5.91 Å². The fraction of sp³-hybridized carbons (Fsp3) is 0.562. The van der Waals surface area contributed by atoms with Gasteiger partial charge in [-0.15, -0.1) is 0 Å². The molecule has 0 saturated heterocycles. The van der Waals surface area contributed by atoms with Gasteiger partial charge in [-0.1, -0.05) is 26.0 Å². The first-order valence-electron chi connectivity index (χ1n) is 7.28. The van der Waals surface area contributed by atoms with Gasteiger partial charge in [0.25, 0.3) is 0 Å². The number of carbonyl (C=O) groups excluding carboxylic acids is 1. The molecule has 0 radical (unpaired) electrons. The van der Waals surface area contributed by atoms with Crippen molar-refractivity contribution in [1.82, 2.24) is 4.90 Å². The standard InChI is InChI=1S/C16H27N3O/c1-13(2)8-10-19(3)11-9-16(20)18-15-6-4-14(12-17)5-7-15/h4-7,13H,8-12,17H2,1-3H3,(H,18,20). The smallest absolute Gasteiger partial charge is 0.225 e. The Labute approximate surface area is 122 Å². The van der Waals surface area contributed by atoms with E-state index in [2.05, 4.69) is 31.1 Å². The molecule has 1 rings (SSSR count). The zero-order valence-corrected chi connectivity index (χ0v) is 12.9. The molecule has 0 spiro atoms. The molecule has 0 fully saturated rings. The van der Waals surface area contributed by atoms with Crippen molar-refractivity contribution in [2.45, 2.75) is 33.2 Å². The molecular weight excluding hydrogens is 250 g/mol. The van der Waals surface area contributed by atoms with Gasteiger partial charge in [-0.3, -0.25) is 4.79 Å². The van der Waals surface area contributed by atoms with E-state index in [4.69, 9.17) is 5.73 Å². The van der Waals surface area contributed by atoms with Crippen LogP contribution in [0.15, 0.2) is 24.3 Å². The zero-order valence-electron chi connectivity index (χ0n) is 12.9. The summed E-state index contributed by atoms with van der Waals surface area (Å²) in [6, 6.07) is 7.65. The number of rotatable bonds is 8. The average molecular weight is 277 g/mol. The minimum Gasteiger partial charge on any atom is -0.326 e. The van der Waals surface area contributed by atoms with Crippen molar-refractivity contribution >= 4 is 11.6 Å². The molecule has 0 bridgehead atoms. The maximum absolute atomic E-state index is 11.8. The highest BCUT2D eigenvalue weighted by Gasteiger charge is 2.06. The molecule has 0 atom stereocenters. The predicted octanol–water partition coefficient (Wildman–Crippen LogP) is 2.45. The Morgan fingerprint density at radius 1 is 1.25 bits per heavy atom. The number of carbonyl (C=O) groups is 1. The number of nitrogens with zero attached hydrogens (tertiary/aromatic N) is 1. The van der Waals surface area contributed by atoms with Gasteiger partial charge in [0.1, 0.15) is 0 Å². The summed E-state index contributed by atoms with van der Waals surface area (Å²) in [5.41, 5.74) is 7.44. The molecule has 4 nitrogen and oxygen atoms in total. The van der Waals surface area contributed by atoms with Crippen LogP contribution in [0.5, 0.6) is 0 Å². The van der Waals surface area contributed by atoms with Crippen molar-refractivity contribution in [2.75, 3.05) is 25.5 Å². The Morgan fingerprint density at radius 3 is 2.45 bits per heavy atom. The summed E-state index contributed by atoms with van der Waals surface area (Å²) < 4.78 is 0. The third-order valence-corrected chi connectivity index (χ3v) is 3.28. The van der Waals surface area contributed by atoms with Crippen LogP contribution in [0.4, 0.5) is 5.69 Å². The quantitative estimate of drug-likeness (QED) is 0.767. The highest BCUT2D eigenvalue weighted by atomic mass is 16.1. The Kier molecular flexibility index (Phi) is 7.26. The van der Waals surface area contributed by atoms with Gasteiger partial charge in [-0.05, 0) is 43.6 Å². The first kappa shape index (κ1) is 16.7. The lowest BCUT2D eigenvalue weighted by Crippen LogP contribution is -2.25. The number of nitrogens with two attached hydrogens (primary N) is 1. The van der Waals surface area contributed by atoms with Crippen LogP contribution >= 0.6 is 0 Å². The third kappa shape index (κ3) is 6.68. The van der Waals surface area contributed by atoms with E-state index in [9.17, 15) is 4.79 Å². The van der Waals surface area contributed by atoms with Crippen LogP contribution in [0.1, 0.15) is 32.3 Å². The summed E-state index contributed by atoms with van der Waals surface area (Å²) in [4.78, 5) is 14.1. The molecule has 0 saturated carbocycles. The van der Waals surface area contributed by atoms with Crippen molar-refractivity contribution in [3.8, 4) is 0 Å². The lowest BCUT2D eigenvalue weighted by atomic mass is 10.1. The van der Waals surface area contributed by atoms with Crippen LogP contribution < -0.4 is 11.1 Å². The van der Waals surface area contributed by atoms with Crippen molar-refractivity contribution in [2.24, 2.45) is 11.7 Å². The second-order valence-corrected chi connectivity index (χ2v) is 5.69. The molecule has 0 aliphatic rings. The summed E-state index contributed by atoms with van der Waals surface area (Å²) in [5, 5.41) is 2.91. The molecule has 0 aromatic heterocycles. The fourth-order valence-corrected chi connectivity index (χ4v) is 1.83. The molecule has 20 heavy (non-hydrogen) atoms. The first-order chi connectivity index (χ1) is 9.51. The van der Waals surface area contributed by atoms with Crippen molar-refractivity contribution in [1.29, 1.82) is 0 Å². The number of benzene rings is 1. The summed E-state index contributed by atoms with van der Waals surface area (Å²) in [5.74, 6) is 0.759. The fourth-order valence-electron chi connectivity index (χ4n) is 1.83. The zero-order chi connectivity index (χ0) is 15.0. The Morgan fingerprint density at radius 2 is 1.90 bits per heavy atom. The van der Waals surface area contributed by atoms with Crippen LogP contribution in [-0.2, 0) is 11.3 Å². The van der Waals surface area contributed by atoms with Crippen LogP contribution in [0.2, 0.25) is 0 Å². The van der Waals surface area contributed by atoms with Crippen LogP contribution in [0.25, 0.3) is 0 Å². The monoisotopic (exact) mass is 277 g/mol. The molecule has 1 aromatic rings. The van der Waals surface area contributed by atoms with E-state index in [-0.39, 0.29) is 5.91 Å². The normalized spacial score (nSPS) is 11.1. The number of hydrogen-bond acceptors (Lipinski definition) is 3. The van der Waals surface area contributed by atoms with E-state index in [1.165, 1.54) is 6.42 Å². The van der Waals surface area contributed by atoms with Crippen molar-refractivity contribution in [3.63, 3.8) is 0 Å². The van der Waals surface area contributed by atoms with Gasteiger partial charge in [-0.2, -0.15) is 0 Å². The van der Waals surface area contributed by atoms with Crippen LogP contribution in [-0.4, -0.2) is 30.9 Å². The molecule has 0 aliphatic carbocycles. The first-order valence-corrected chi connectivity index (χ1v) is 7.28. The summed E-state index contributed by atoms with van der Waals surface area (Å²) in [6.45, 7) is 6.78. The largest absolute Gasteiger partial charge is 0.326 e. The highest BCUT2D eigenvalue weighted by Crippen LogP contribution is 2.09. The summed E-state index contributed by atoms with van der Waals surface area (Å²) >= 11 is 0. The maximum Gasteiger partial charge on any atom is 0.225 e. The van der Waals surface area contributed by atoms with E-state index in [0.717, 1.165) is 24.3 Å². The third-order valence-electron chi connectivity index (χ3n) is 3.28. The van der Waals surface area contributed by atoms with Crippen molar-refractivity contribution in [3.05, 3.63) is 29.8 Å². The van der Waals surface area contributed by atoms with Crippen LogP contribution in [0.3, 0.4) is 0 Å². The van der Waals surface area contributed by atoms with Gasteiger partial charge in [-0.25, -0.2) is 0 Å². The second-order valence-electron chi connectivity index (χ2n) is 5.69. The SMILES string of the molecule is CC(C)CCN(C)CCC(=O)Nc1ccc(CN)cc1. The number of hydrogen-bond donors (Lipinski definition) is 2. The molecular formula is C16H27N3O. The molecule has 1 amide bonds. The molecule has 3 N–H and O–H groups in total. The summed E-state index contributed by atoms with van der Waals surface area (Å²) in [7, 11) is 2.06. The maximum atomic E-state index is 11.8. The molecule has 0 aliphatic heterocycles. The van der Waals surface area contributed by atoms with E-state index < -0.39 is 0 Å².